The van der Waals surface area contributed by atoms with Gasteiger partial charge in [-0.2, -0.15) is 0 Å². The van der Waals surface area contributed by atoms with E-state index in [4.69, 9.17) is 0 Å². The van der Waals surface area contributed by atoms with Gasteiger partial charge in [-0.05, 0) is 30.7 Å². The quantitative estimate of drug-likeness (QED) is 0.757. The van der Waals surface area contributed by atoms with Crippen LogP contribution in [0.3, 0.4) is 0 Å². The molecule has 1 aromatic rings. The number of hydrogen-bond acceptors (Lipinski definition) is 2. The van der Waals surface area contributed by atoms with E-state index in [1.54, 1.807) is 11.3 Å². The van der Waals surface area contributed by atoms with Crippen molar-refractivity contribution in [2.24, 2.45) is 0 Å². The second kappa shape index (κ2) is 4.14. The monoisotopic (exact) mass is 195 g/mol. The first-order valence-corrected chi connectivity index (χ1v) is 6.10. The van der Waals surface area contributed by atoms with Gasteiger partial charge in [0.25, 0.3) is 0 Å². The summed E-state index contributed by atoms with van der Waals surface area (Å²) >= 11 is 1.79. The van der Waals surface area contributed by atoms with Crippen molar-refractivity contribution < 1.29 is 0 Å². The highest BCUT2D eigenvalue weighted by atomic mass is 32.1. The summed E-state index contributed by atoms with van der Waals surface area (Å²) in [5.41, 5.74) is 2.76. The molecule has 1 aliphatic carbocycles. The Morgan fingerprint density at radius 1 is 1.23 bits per heavy atom. The van der Waals surface area contributed by atoms with Gasteiger partial charge in [-0.25, -0.2) is 0 Å². The van der Waals surface area contributed by atoms with Gasteiger partial charge < -0.3 is 5.32 Å². The molecule has 1 N–H and O–H groups in total. The molecule has 0 aliphatic heterocycles. The summed E-state index contributed by atoms with van der Waals surface area (Å²) in [4.78, 5) is 0. The summed E-state index contributed by atoms with van der Waals surface area (Å²) in [5.74, 6) is 0. The summed E-state index contributed by atoms with van der Waals surface area (Å²) in [6.07, 6.45) is 6.95. The van der Waals surface area contributed by atoms with E-state index in [0.717, 1.165) is 6.04 Å². The minimum absolute atomic E-state index is 0.738. The van der Waals surface area contributed by atoms with Crippen molar-refractivity contribution >= 4 is 17.0 Å². The molecular formula is C11H17NS. The van der Waals surface area contributed by atoms with Crippen molar-refractivity contribution in [2.75, 3.05) is 5.32 Å². The highest BCUT2D eigenvalue weighted by Crippen LogP contribution is 2.25. The fourth-order valence-corrected chi connectivity index (χ4v) is 2.76. The smallest absolute Gasteiger partial charge is 0.0480 e. The Kier molecular flexibility index (Phi) is 2.89. The van der Waals surface area contributed by atoms with Gasteiger partial charge in [0, 0.05) is 17.1 Å². The predicted molar refractivity (Wildman–Crippen MR) is 59.6 cm³/mol. The molecule has 0 radical (unpaired) electrons. The lowest BCUT2D eigenvalue weighted by Gasteiger charge is -2.23. The van der Waals surface area contributed by atoms with Crippen LogP contribution in [0.1, 0.15) is 37.7 Å². The van der Waals surface area contributed by atoms with E-state index in [0.29, 0.717) is 0 Å². The number of anilines is 1. The average Bonchev–Trinajstić information content (AvgIpc) is 2.54. The Morgan fingerprint density at radius 3 is 2.62 bits per heavy atom. The van der Waals surface area contributed by atoms with E-state index >= 15 is 0 Å². The molecule has 13 heavy (non-hydrogen) atoms. The maximum Gasteiger partial charge on any atom is 0.0480 e. The topological polar surface area (TPSA) is 12.0 Å². The van der Waals surface area contributed by atoms with Crippen molar-refractivity contribution in [3.8, 4) is 0 Å². The molecule has 1 nitrogen and oxygen atoms in total. The summed E-state index contributed by atoms with van der Waals surface area (Å²) in [5, 5.41) is 8.08. The van der Waals surface area contributed by atoms with E-state index in [1.165, 1.54) is 43.4 Å². The molecule has 1 saturated carbocycles. The average molecular weight is 195 g/mol. The van der Waals surface area contributed by atoms with Crippen LogP contribution in [0.2, 0.25) is 0 Å². The Balaban J connectivity index is 1.93. The number of rotatable bonds is 2. The molecule has 0 amide bonds. The molecule has 0 atom stereocenters. The van der Waals surface area contributed by atoms with Gasteiger partial charge in [-0.1, -0.05) is 19.3 Å². The summed E-state index contributed by atoms with van der Waals surface area (Å²) in [6, 6.07) is 0.738. The largest absolute Gasteiger partial charge is 0.381 e. The van der Waals surface area contributed by atoms with Crippen LogP contribution in [0.5, 0.6) is 0 Å². The lowest BCUT2D eigenvalue weighted by atomic mass is 9.95. The summed E-state index contributed by atoms with van der Waals surface area (Å²) < 4.78 is 0. The van der Waals surface area contributed by atoms with E-state index in [2.05, 4.69) is 23.0 Å². The summed E-state index contributed by atoms with van der Waals surface area (Å²) in [7, 11) is 0. The van der Waals surface area contributed by atoms with E-state index in [9.17, 15) is 0 Å². The van der Waals surface area contributed by atoms with E-state index < -0.39 is 0 Å². The van der Waals surface area contributed by atoms with Crippen LogP contribution in [0.15, 0.2) is 10.8 Å². The van der Waals surface area contributed by atoms with Crippen LogP contribution < -0.4 is 5.32 Å². The SMILES string of the molecule is Cc1cscc1NC1CCCCC1. The van der Waals surface area contributed by atoms with Crippen LogP contribution in [0.4, 0.5) is 5.69 Å². The fraction of sp³-hybridized carbons (Fsp3) is 0.636. The first-order valence-electron chi connectivity index (χ1n) is 5.15. The molecular weight excluding hydrogens is 178 g/mol. The van der Waals surface area contributed by atoms with E-state index in [1.807, 2.05) is 0 Å². The molecule has 1 aromatic heterocycles. The van der Waals surface area contributed by atoms with Crippen molar-refractivity contribution in [1.29, 1.82) is 0 Å². The molecule has 72 valence electrons. The van der Waals surface area contributed by atoms with Crippen molar-refractivity contribution in [2.45, 2.75) is 45.1 Å². The molecule has 2 rings (SSSR count). The minimum Gasteiger partial charge on any atom is -0.381 e. The van der Waals surface area contributed by atoms with Gasteiger partial charge in [0.1, 0.15) is 0 Å². The normalized spacial score (nSPS) is 18.8. The third kappa shape index (κ3) is 2.25. The molecule has 0 bridgehead atoms. The van der Waals surface area contributed by atoms with Crippen molar-refractivity contribution in [1.82, 2.24) is 0 Å². The number of hydrogen-bond donors (Lipinski definition) is 1. The van der Waals surface area contributed by atoms with Crippen molar-refractivity contribution in [3.63, 3.8) is 0 Å². The van der Waals surface area contributed by atoms with Crippen LogP contribution in [-0.2, 0) is 0 Å². The zero-order valence-electron chi connectivity index (χ0n) is 8.18. The first-order chi connectivity index (χ1) is 6.36. The second-order valence-electron chi connectivity index (χ2n) is 3.95. The Bertz CT molecular complexity index is 261. The summed E-state index contributed by atoms with van der Waals surface area (Å²) in [6.45, 7) is 2.18. The lowest BCUT2D eigenvalue weighted by molar-refractivity contribution is 0.462. The van der Waals surface area contributed by atoms with Gasteiger partial charge in [0.2, 0.25) is 0 Å². The van der Waals surface area contributed by atoms with Gasteiger partial charge >= 0.3 is 0 Å². The third-order valence-corrected chi connectivity index (χ3v) is 3.68. The Hall–Kier alpha value is -0.500. The molecule has 0 spiro atoms. The molecule has 0 aromatic carbocycles. The molecule has 2 heteroatoms. The minimum atomic E-state index is 0.738. The predicted octanol–water partition coefficient (Wildman–Crippen LogP) is 3.80. The maximum atomic E-state index is 3.64. The second-order valence-corrected chi connectivity index (χ2v) is 4.69. The van der Waals surface area contributed by atoms with Crippen molar-refractivity contribution in [3.05, 3.63) is 16.3 Å². The highest BCUT2D eigenvalue weighted by Gasteiger charge is 2.13. The first kappa shape index (κ1) is 9.07. The molecule has 1 aliphatic rings. The molecule has 0 unspecified atom stereocenters. The van der Waals surface area contributed by atoms with Crippen LogP contribution in [0, 0.1) is 6.92 Å². The van der Waals surface area contributed by atoms with Gasteiger partial charge in [-0.3, -0.25) is 0 Å². The fourth-order valence-electron chi connectivity index (χ4n) is 1.98. The lowest BCUT2D eigenvalue weighted by Crippen LogP contribution is -2.22. The highest BCUT2D eigenvalue weighted by molar-refractivity contribution is 7.08. The Morgan fingerprint density at radius 2 is 2.00 bits per heavy atom. The zero-order chi connectivity index (χ0) is 9.10. The van der Waals surface area contributed by atoms with E-state index in [-0.39, 0.29) is 0 Å². The van der Waals surface area contributed by atoms with Crippen LogP contribution in [-0.4, -0.2) is 6.04 Å². The zero-order valence-corrected chi connectivity index (χ0v) is 8.99. The number of nitrogens with one attached hydrogen (secondary N) is 1. The maximum absolute atomic E-state index is 3.64. The standard InChI is InChI=1S/C11H17NS/c1-9-7-13-8-11(9)12-10-5-3-2-4-6-10/h7-8,10,12H,2-6H2,1H3. The number of thiophene rings is 1. The van der Waals surface area contributed by atoms with Crippen LogP contribution in [0.25, 0.3) is 0 Å². The Labute approximate surface area is 84.2 Å². The molecule has 1 heterocycles. The van der Waals surface area contributed by atoms with Crippen LogP contribution >= 0.6 is 11.3 Å². The van der Waals surface area contributed by atoms with Gasteiger partial charge in [-0.15, -0.1) is 11.3 Å². The van der Waals surface area contributed by atoms with Gasteiger partial charge in [0.15, 0.2) is 0 Å². The number of aryl methyl sites for hydroxylation is 1. The third-order valence-electron chi connectivity index (χ3n) is 2.82. The molecule has 0 saturated heterocycles. The molecule has 1 fully saturated rings. The van der Waals surface area contributed by atoms with Gasteiger partial charge in [0.05, 0.1) is 0 Å².